The van der Waals surface area contributed by atoms with Crippen molar-refractivity contribution in [3.63, 3.8) is 0 Å². The summed E-state index contributed by atoms with van der Waals surface area (Å²) in [7, 11) is 0. The van der Waals surface area contributed by atoms with Gasteiger partial charge >= 0.3 is 0 Å². The van der Waals surface area contributed by atoms with Crippen LogP contribution in [0.3, 0.4) is 0 Å². The highest BCUT2D eigenvalue weighted by Crippen LogP contribution is 2.25. The summed E-state index contributed by atoms with van der Waals surface area (Å²) >= 11 is -0.935. The lowest BCUT2D eigenvalue weighted by Gasteiger charge is -2.26. The summed E-state index contributed by atoms with van der Waals surface area (Å²) in [4.78, 5) is 0. The molecule has 4 heteroatoms. The molecule has 1 aliphatic heterocycles. The van der Waals surface area contributed by atoms with Gasteiger partial charge in [0.1, 0.15) is 5.75 Å². The van der Waals surface area contributed by atoms with E-state index in [0.29, 0.717) is 13.2 Å². The van der Waals surface area contributed by atoms with Gasteiger partial charge in [-0.05, 0) is 24.5 Å². The van der Waals surface area contributed by atoms with E-state index in [1.807, 2.05) is 25.1 Å². The van der Waals surface area contributed by atoms with Gasteiger partial charge in [0.05, 0.1) is 19.2 Å². The zero-order chi connectivity index (χ0) is 16.5. The minimum Gasteiger partial charge on any atom is -0.598 e. The molecule has 1 aromatic carbocycles. The summed E-state index contributed by atoms with van der Waals surface area (Å²) in [6.45, 7) is 6.18. The third-order valence-electron chi connectivity index (χ3n) is 3.90. The molecule has 1 aliphatic rings. The second kappa shape index (κ2) is 9.93. The highest BCUT2D eigenvalue weighted by atomic mass is 32.2. The smallest absolute Gasteiger partial charge is 0.125 e. The summed E-state index contributed by atoms with van der Waals surface area (Å²) in [6, 6.07) is 10.3. The summed E-state index contributed by atoms with van der Waals surface area (Å²) in [5, 5.41) is 0. The monoisotopic (exact) mass is 333 g/mol. The van der Waals surface area contributed by atoms with E-state index in [-0.39, 0.29) is 6.04 Å². The lowest BCUT2D eigenvalue weighted by atomic mass is 10.1. The number of rotatable bonds is 9. The van der Waals surface area contributed by atoms with E-state index < -0.39 is 11.4 Å². The number of benzene rings is 1. The van der Waals surface area contributed by atoms with E-state index >= 15 is 0 Å². The largest absolute Gasteiger partial charge is 0.598 e. The van der Waals surface area contributed by atoms with Crippen LogP contribution in [0.5, 0.6) is 0 Å². The fraction of sp³-hybridized carbons (Fsp3) is 0.474. The average Bonchev–Trinajstić information content (AvgIpc) is 2.99. The molecule has 0 saturated carbocycles. The Morgan fingerprint density at radius 2 is 2.09 bits per heavy atom. The van der Waals surface area contributed by atoms with Gasteiger partial charge < -0.3 is 9.29 Å². The molecule has 0 aromatic heterocycles. The van der Waals surface area contributed by atoms with E-state index in [4.69, 9.17) is 4.74 Å². The molecule has 2 rings (SSSR count). The van der Waals surface area contributed by atoms with Crippen LogP contribution in [0.4, 0.5) is 0 Å². The summed E-state index contributed by atoms with van der Waals surface area (Å²) in [5.41, 5.74) is 2.37. The van der Waals surface area contributed by atoms with Gasteiger partial charge in [-0.15, -0.1) is 4.31 Å². The molecule has 0 bridgehead atoms. The lowest BCUT2D eigenvalue weighted by molar-refractivity contribution is 0.166. The number of hydrogen-bond donors (Lipinski definition) is 0. The molecule has 0 saturated heterocycles. The molecule has 3 nitrogen and oxygen atoms in total. The molecule has 126 valence electrons. The van der Waals surface area contributed by atoms with Crippen molar-refractivity contribution in [2.75, 3.05) is 25.5 Å². The van der Waals surface area contributed by atoms with Crippen molar-refractivity contribution in [3.8, 4) is 0 Å². The summed E-state index contributed by atoms with van der Waals surface area (Å²) in [5.74, 6) is 0.738. The minimum absolute atomic E-state index is 0.0689. The Morgan fingerprint density at radius 3 is 2.78 bits per heavy atom. The molecule has 2 atom stereocenters. The number of nitrogens with zero attached hydrogens (tertiary/aromatic N) is 1. The van der Waals surface area contributed by atoms with Crippen LogP contribution in [0.2, 0.25) is 0 Å². The molecular formula is C19H27NO2S. The average molecular weight is 333 g/mol. The van der Waals surface area contributed by atoms with Gasteiger partial charge in [-0.3, -0.25) is 0 Å². The predicted octanol–water partition coefficient (Wildman–Crippen LogP) is 3.81. The first-order valence-corrected chi connectivity index (χ1v) is 9.68. The summed E-state index contributed by atoms with van der Waals surface area (Å²) < 4.78 is 20.2. The highest BCUT2D eigenvalue weighted by molar-refractivity contribution is 7.89. The Balaban J connectivity index is 2.08. The molecule has 1 heterocycles. The van der Waals surface area contributed by atoms with Gasteiger partial charge in [0.15, 0.2) is 0 Å². The predicted molar refractivity (Wildman–Crippen MR) is 98.5 cm³/mol. The first kappa shape index (κ1) is 18.3. The normalized spacial score (nSPS) is 20.1. The molecular weight excluding hydrogens is 306 g/mol. The molecule has 0 fully saturated rings. The van der Waals surface area contributed by atoms with E-state index in [9.17, 15) is 4.55 Å². The Hall–Kier alpha value is -1.07. The first-order chi connectivity index (χ1) is 11.3. The van der Waals surface area contributed by atoms with Crippen LogP contribution in [-0.4, -0.2) is 40.4 Å². The molecule has 0 radical (unpaired) electrons. The van der Waals surface area contributed by atoms with Crippen molar-refractivity contribution in [2.24, 2.45) is 0 Å². The van der Waals surface area contributed by atoms with Gasteiger partial charge in [-0.1, -0.05) is 61.9 Å². The Kier molecular flexibility index (Phi) is 7.89. The van der Waals surface area contributed by atoms with Crippen LogP contribution in [0, 0.1) is 0 Å². The van der Waals surface area contributed by atoms with Crippen molar-refractivity contribution in [2.45, 2.75) is 32.7 Å². The van der Waals surface area contributed by atoms with Gasteiger partial charge in [-0.2, -0.15) is 0 Å². The molecule has 0 amide bonds. The van der Waals surface area contributed by atoms with Crippen molar-refractivity contribution >= 4 is 17.4 Å². The van der Waals surface area contributed by atoms with Crippen molar-refractivity contribution < 1.29 is 9.29 Å². The van der Waals surface area contributed by atoms with Crippen LogP contribution < -0.4 is 0 Å². The second-order valence-electron chi connectivity index (χ2n) is 5.61. The van der Waals surface area contributed by atoms with Crippen LogP contribution in [0.15, 0.2) is 48.1 Å². The molecule has 0 spiro atoms. The van der Waals surface area contributed by atoms with Crippen LogP contribution in [0.1, 0.15) is 32.3 Å². The standard InChI is InChI=1S/C19H27NO2S/c1-3-5-15-23(21)20-14-13-18(16-22-4-2)19(20)12-11-17-9-7-6-8-10-17/h6-13,19H,3-5,14-16H2,1-2H3/b12-11+/t19-,23?/m0/s1. The fourth-order valence-electron chi connectivity index (χ4n) is 2.57. The van der Waals surface area contributed by atoms with E-state index in [2.05, 4.69) is 41.6 Å². The maximum absolute atomic E-state index is 12.6. The Morgan fingerprint density at radius 1 is 1.30 bits per heavy atom. The summed E-state index contributed by atoms with van der Waals surface area (Å²) in [6.07, 6.45) is 8.50. The van der Waals surface area contributed by atoms with Crippen LogP contribution in [-0.2, 0) is 16.1 Å². The lowest BCUT2D eigenvalue weighted by Crippen LogP contribution is -2.38. The molecule has 1 unspecified atom stereocenters. The molecule has 1 aromatic rings. The van der Waals surface area contributed by atoms with Gasteiger partial charge in [0.25, 0.3) is 0 Å². The van der Waals surface area contributed by atoms with Gasteiger partial charge in [-0.25, -0.2) is 0 Å². The second-order valence-corrected chi connectivity index (χ2v) is 7.13. The number of hydrogen-bond acceptors (Lipinski definition) is 3. The maximum Gasteiger partial charge on any atom is 0.125 e. The maximum atomic E-state index is 12.6. The van der Waals surface area contributed by atoms with Crippen molar-refractivity contribution in [3.05, 3.63) is 53.6 Å². The minimum atomic E-state index is -0.935. The van der Waals surface area contributed by atoms with E-state index in [0.717, 1.165) is 30.7 Å². The molecule has 0 aliphatic carbocycles. The molecule has 23 heavy (non-hydrogen) atoms. The Bertz CT molecular complexity index is 515. The fourth-order valence-corrected chi connectivity index (χ4v) is 4.04. The third kappa shape index (κ3) is 5.50. The van der Waals surface area contributed by atoms with Crippen molar-refractivity contribution in [1.82, 2.24) is 4.31 Å². The van der Waals surface area contributed by atoms with E-state index in [1.54, 1.807) is 0 Å². The van der Waals surface area contributed by atoms with Crippen LogP contribution >= 0.6 is 0 Å². The zero-order valence-corrected chi connectivity index (χ0v) is 14.9. The quantitative estimate of drug-likeness (QED) is 0.509. The van der Waals surface area contributed by atoms with Gasteiger partial charge in [0.2, 0.25) is 0 Å². The topological polar surface area (TPSA) is 35.5 Å². The highest BCUT2D eigenvalue weighted by Gasteiger charge is 2.33. The first-order valence-electron chi connectivity index (χ1n) is 8.41. The van der Waals surface area contributed by atoms with Crippen LogP contribution in [0.25, 0.3) is 6.08 Å². The van der Waals surface area contributed by atoms with Gasteiger partial charge in [0, 0.05) is 18.0 Å². The number of ether oxygens (including phenoxy) is 1. The zero-order valence-electron chi connectivity index (χ0n) is 14.1. The molecule has 0 N–H and O–H groups in total. The number of unbranched alkanes of at least 4 members (excludes halogenated alkanes) is 1. The SMILES string of the molecule is CCCC[S+]([O-])N1CC=C(COCC)[C@@H]1/C=C/c1ccccc1. The Labute approximate surface area is 143 Å². The van der Waals surface area contributed by atoms with E-state index in [1.165, 1.54) is 5.57 Å². The third-order valence-corrected chi connectivity index (χ3v) is 5.44. The van der Waals surface area contributed by atoms with Crippen molar-refractivity contribution in [1.29, 1.82) is 0 Å².